The fraction of sp³-hybridized carbons (Fsp3) is 0.111. The van der Waals surface area contributed by atoms with Gasteiger partial charge in [0.15, 0.2) is 5.11 Å². The van der Waals surface area contributed by atoms with Crippen LogP contribution in [0.3, 0.4) is 0 Å². The molecule has 1 aromatic carbocycles. The van der Waals surface area contributed by atoms with Crippen LogP contribution in [0.1, 0.15) is 22.7 Å². The molecule has 0 aliphatic carbocycles. The molecule has 6 heteroatoms. The van der Waals surface area contributed by atoms with Crippen molar-refractivity contribution in [3.8, 4) is 5.75 Å². The van der Waals surface area contributed by atoms with Gasteiger partial charge in [0, 0.05) is 11.1 Å². The van der Waals surface area contributed by atoms with E-state index in [0.717, 1.165) is 5.69 Å². The Hall–Kier alpha value is -2.44. The zero-order valence-electron chi connectivity index (χ0n) is 12.7. The Kier molecular flexibility index (Phi) is 3.92. The van der Waals surface area contributed by atoms with Gasteiger partial charge < -0.3 is 15.3 Å². The van der Waals surface area contributed by atoms with Gasteiger partial charge in [0.25, 0.3) is 0 Å². The summed E-state index contributed by atoms with van der Waals surface area (Å²) in [5.74, 6) is 0.213. The molecule has 24 heavy (non-hydrogen) atoms. The van der Waals surface area contributed by atoms with Gasteiger partial charge in [0.05, 0.1) is 23.5 Å². The molecule has 1 aliphatic heterocycles. The summed E-state index contributed by atoms with van der Waals surface area (Å²) in [6.45, 7) is 0. The molecule has 1 saturated heterocycles. The molecule has 0 saturated carbocycles. The molecule has 1 fully saturated rings. The van der Waals surface area contributed by atoms with Gasteiger partial charge in [-0.2, -0.15) is 0 Å². The van der Waals surface area contributed by atoms with Crippen LogP contribution in [-0.4, -0.2) is 15.2 Å². The van der Waals surface area contributed by atoms with E-state index in [2.05, 4.69) is 21.7 Å². The van der Waals surface area contributed by atoms with E-state index < -0.39 is 0 Å². The number of hydrogen-bond acceptors (Lipinski definition) is 4. The first-order chi connectivity index (χ1) is 11.8. The van der Waals surface area contributed by atoms with Gasteiger partial charge in [0.1, 0.15) is 5.75 Å². The number of phenols is 1. The maximum Gasteiger partial charge on any atom is 0.174 e. The van der Waals surface area contributed by atoms with Crippen molar-refractivity contribution in [1.29, 1.82) is 0 Å². The lowest BCUT2D eigenvalue weighted by Gasteiger charge is -2.27. The molecule has 0 bridgehead atoms. The van der Waals surface area contributed by atoms with Gasteiger partial charge in [-0.15, -0.1) is 11.3 Å². The average molecular weight is 353 g/mol. The minimum absolute atomic E-state index is 0.0549. The van der Waals surface area contributed by atoms with Gasteiger partial charge in [-0.05, 0) is 47.9 Å². The summed E-state index contributed by atoms with van der Waals surface area (Å²) < 4.78 is 0. The Balaban J connectivity index is 1.84. The quantitative estimate of drug-likeness (QED) is 0.696. The number of benzene rings is 1. The number of thiophene rings is 1. The molecule has 2 N–H and O–H groups in total. The molecular weight excluding hydrogens is 338 g/mol. The highest BCUT2D eigenvalue weighted by Gasteiger charge is 2.41. The van der Waals surface area contributed by atoms with Gasteiger partial charge in [0.2, 0.25) is 0 Å². The summed E-state index contributed by atoms with van der Waals surface area (Å²) >= 11 is 7.26. The lowest BCUT2D eigenvalue weighted by molar-refractivity contribution is 0.473. The highest BCUT2D eigenvalue weighted by atomic mass is 32.1. The van der Waals surface area contributed by atoms with E-state index in [4.69, 9.17) is 12.2 Å². The summed E-state index contributed by atoms with van der Waals surface area (Å²) in [6.07, 6.45) is 1.79. The van der Waals surface area contributed by atoms with Crippen molar-refractivity contribution in [1.82, 2.24) is 10.3 Å². The second kappa shape index (κ2) is 6.22. The van der Waals surface area contributed by atoms with E-state index in [1.165, 1.54) is 4.88 Å². The van der Waals surface area contributed by atoms with E-state index in [1.54, 1.807) is 23.6 Å². The SMILES string of the molecule is Oc1ccccc1N1C(=S)N[C@@H](c2ccccn2)[C@@H]1c1cccs1. The van der Waals surface area contributed by atoms with Crippen molar-refractivity contribution in [2.75, 3.05) is 4.90 Å². The summed E-state index contributed by atoms with van der Waals surface area (Å²) in [5.41, 5.74) is 1.63. The first kappa shape index (κ1) is 15.1. The zero-order valence-corrected chi connectivity index (χ0v) is 14.3. The van der Waals surface area contributed by atoms with E-state index >= 15 is 0 Å². The maximum absolute atomic E-state index is 10.3. The number of thiocarbonyl (C=S) groups is 1. The summed E-state index contributed by atoms with van der Waals surface area (Å²) in [5, 5.41) is 16.3. The number of phenolic OH excluding ortho intramolecular Hbond substituents is 1. The van der Waals surface area contributed by atoms with Crippen LogP contribution < -0.4 is 10.2 Å². The lowest BCUT2D eigenvalue weighted by Crippen LogP contribution is -2.29. The number of nitrogens with one attached hydrogen (secondary N) is 1. The van der Waals surface area contributed by atoms with Gasteiger partial charge in [-0.25, -0.2) is 0 Å². The predicted octanol–water partition coefficient (Wildman–Crippen LogP) is 4.03. The van der Waals surface area contributed by atoms with Crippen molar-refractivity contribution in [3.63, 3.8) is 0 Å². The van der Waals surface area contributed by atoms with Crippen LogP contribution in [0.15, 0.2) is 66.2 Å². The van der Waals surface area contributed by atoms with E-state index in [-0.39, 0.29) is 17.8 Å². The van der Waals surface area contributed by atoms with Crippen LogP contribution in [-0.2, 0) is 0 Å². The van der Waals surface area contributed by atoms with Crippen LogP contribution in [0, 0.1) is 0 Å². The normalized spacial score (nSPS) is 20.2. The minimum Gasteiger partial charge on any atom is -0.506 e. The standard InChI is InChI=1S/C18H15N3OS2/c22-14-8-2-1-7-13(14)21-17(15-9-5-11-24-15)16(20-18(21)23)12-6-3-4-10-19-12/h1-11,16-17,22H,(H,20,23)/t16-,17-/m0/s1. The third-order valence-electron chi connectivity index (χ3n) is 4.07. The molecular formula is C18H15N3OS2. The van der Waals surface area contributed by atoms with Gasteiger partial charge >= 0.3 is 0 Å². The smallest absolute Gasteiger partial charge is 0.174 e. The number of aromatic nitrogens is 1. The largest absolute Gasteiger partial charge is 0.506 e. The number of pyridine rings is 1. The lowest BCUT2D eigenvalue weighted by atomic mass is 10.0. The monoisotopic (exact) mass is 353 g/mol. The molecule has 120 valence electrons. The zero-order chi connectivity index (χ0) is 16.5. The first-order valence-electron chi connectivity index (χ1n) is 7.58. The average Bonchev–Trinajstić information content (AvgIpc) is 3.24. The third kappa shape index (κ3) is 2.53. The molecule has 2 aromatic heterocycles. The number of anilines is 1. The molecule has 4 nitrogen and oxygen atoms in total. The van der Waals surface area contributed by atoms with Crippen molar-refractivity contribution in [3.05, 3.63) is 76.7 Å². The van der Waals surface area contributed by atoms with E-state index in [1.807, 2.05) is 47.4 Å². The molecule has 3 heterocycles. The fourth-order valence-corrected chi connectivity index (χ4v) is 4.22. The molecule has 3 aromatic rings. The van der Waals surface area contributed by atoms with Crippen LogP contribution in [0.4, 0.5) is 5.69 Å². The van der Waals surface area contributed by atoms with Gasteiger partial charge in [-0.3, -0.25) is 4.98 Å². The predicted molar refractivity (Wildman–Crippen MR) is 100 cm³/mol. The van der Waals surface area contributed by atoms with Crippen molar-refractivity contribution in [2.24, 2.45) is 0 Å². The molecule has 1 aliphatic rings. The van der Waals surface area contributed by atoms with Crippen LogP contribution in [0.25, 0.3) is 0 Å². The number of nitrogens with zero attached hydrogens (tertiary/aromatic N) is 2. The van der Waals surface area contributed by atoms with Crippen molar-refractivity contribution in [2.45, 2.75) is 12.1 Å². The Morgan fingerprint density at radius 2 is 1.92 bits per heavy atom. The minimum atomic E-state index is -0.0723. The number of aromatic hydroxyl groups is 1. The highest BCUT2D eigenvalue weighted by molar-refractivity contribution is 7.80. The van der Waals surface area contributed by atoms with Crippen molar-refractivity contribution >= 4 is 34.4 Å². The fourth-order valence-electron chi connectivity index (χ4n) is 3.03. The van der Waals surface area contributed by atoms with Crippen LogP contribution in [0.5, 0.6) is 5.75 Å². The molecule has 2 atom stereocenters. The Bertz CT molecular complexity index is 852. The Morgan fingerprint density at radius 1 is 1.08 bits per heavy atom. The number of para-hydroxylation sites is 2. The van der Waals surface area contributed by atoms with E-state index in [9.17, 15) is 5.11 Å². The Morgan fingerprint density at radius 3 is 2.62 bits per heavy atom. The number of hydrogen-bond donors (Lipinski definition) is 2. The maximum atomic E-state index is 10.3. The molecule has 0 unspecified atom stereocenters. The third-order valence-corrected chi connectivity index (χ3v) is 5.33. The second-order valence-electron chi connectivity index (χ2n) is 5.50. The van der Waals surface area contributed by atoms with Crippen LogP contribution >= 0.6 is 23.6 Å². The van der Waals surface area contributed by atoms with E-state index in [0.29, 0.717) is 10.8 Å². The second-order valence-corrected chi connectivity index (χ2v) is 6.87. The summed E-state index contributed by atoms with van der Waals surface area (Å²) in [6, 6.07) is 17.1. The molecule has 4 rings (SSSR count). The topological polar surface area (TPSA) is 48.4 Å². The van der Waals surface area contributed by atoms with Crippen LogP contribution in [0.2, 0.25) is 0 Å². The first-order valence-corrected chi connectivity index (χ1v) is 8.86. The molecule has 0 radical (unpaired) electrons. The molecule has 0 spiro atoms. The molecule has 0 amide bonds. The number of rotatable bonds is 3. The summed E-state index contributed by atoms with van der Waals surface area (Å²) in [7, 11) is 0. The van der Waals surface area contributed by atoms with Gasteiger partial charge in [-0.1, -0.05) is 24.3 Å². The Labute approximate surface area is 149 Å². The van der Waals surface area contributed by atoms with Crippen molar-refractivity contribution < 1.29 is 5.11 Å². The highest BCUT2D eigenvalue weighted by Crippen LogP contribution is 2.45. The summed E-state index contributed by atoms with van der Waals surface area (Å²) in [4.78, 5) is 7.65.